The summed E-state index contributed by atoms with van der Waals surface area (Å²) in [6, 6.07) is 8.46. The summed E-state index contributed by atoms with van der Waals surface area (Å²) < 4.78 is 0. The van der Waals surface area contributed by atoms with Gasteiger partial charge in [-0.25, -0.2) is 4.98 Å². The first-order valence-electron chi connectivity index (χ1n) is 7.01. The fraction of sp³-hybridized carbons (Fsp3) is 0.312. The molecule has 6 heteroatoms. The van der Waals surface area contributed by atoms with Crippen LogP contribution in [0.2, 0.25) is 5.02 Å². The summed E-state index contributed by atoms with van der Waals surface area (Å²) in [5.74, 6) is -1.43. The Morgan fingerprint density at radius 1 is 1.32 bits per heavy atom. The molecule has 1 aromatic carbocycles. The third kappa shape index (κ3) is 3.54. The number of halogens is 1. The van der Waals surface area contributed by atoms with E-state index in [0.717, 1.165) is 5.39 Å². The number of carboxylic acid groups (broad SMARTS) is 1. The number of carboxylic acids is 1. The van der Waals surface area contributed by atoms with Crippen molar-refractivity contribution >= 4 is 34.4 Å². The molecule has 0 fully saturated rings. The number of pyridine rings is 1. The molecule has 0 saturated carbocycles. The smallest absolute Gasteiger partial charge is 0.323 e. The molecule has 1 N–H and O–H groups in total. The fourth-order valence-corrected chi connectivity index (χ4v) is 2.32. The zero-order valence-corrected chi connectivity index (χ0v) is 13.2. The Balaban J connectivity index is 2.39. The number of benzene rings is 1. The summed E-state index contributed by atoms with van der Waals surface area (Å²) in [6.07, 6.45) is 0.665. The van der Waals surface area contributed by atoms with E-state index < -0.39 is 11.9 Å². The molecule has 1 atom stereocenters. The minimum absolute atomic E-state index is 0.180. The van der Waals surface area contributed by atoms with E-state index >= 15 is 0 Å². The molecule has 0 radical (unpaired) electrons. The number of amides is 1. The molecule has 5 nitrogen and oxygen atoms in total. The summed E-state index contributed by atoms with van der Waals surface area (Å²) in [4.78, 5) is 29.2. The normalized spacial score (nSPS) is 12.1. The number of aliphatic carboxylic acids is 1. The lowest BCUT2D eigenvalue weighted by molar-refractivity contribution is -0.138. The minimum atomic E-state index is -1.04. The highest BCUT2D eigenvalue weighted by molar-refractivity contribution is 6.31. The second-order valence-electron chi connectivity index (χ2n) is 5.12. The van der Waals surface area contributed by atoms with Crippen LogP contribution >= 0.6 is 11.6 Å². The van der Waals surface area contributed by atoms with Crippen molar-refractivity contribution in [2.45, 2.75) is 26.3 Å². The van der Waals surface area contributed by atoms with Crippen molar-refractivity contribution in [2.24, 2.45) is 0 Å². The number of aromatic nitrogens is 1. The molecule has 2 rings (SSSR count). The zero-order chi connectivity index (χ0) is 16.3. The molecule has 0 aliphatic carbocycles. The van der Waals surface area contributed by atoms with E-state index in [0.29, 0.717) is 17.0 Å². The van der Waals surface area contributed by atoms with Gasteiger partial charge in [-0.15, -0.1) is 0 Å². The van der Waals surface area contributed by atoms with Crippen LogP contribution in [0.15, 0.2) is 30.3 Å². The first kappa shape index (κ1) is 16.2. The maximum Gasteiger partial charge on any atom is 0.323 e. The number of nitrogens with zero attached hydrogens (tertiary/aromatic N) is 2. The lowest BCUT2D eigenvalue weighted by Crippen LogP contribution is -2.42. The highest BCUT2D eigenvalue weighted by Crippen LogP contribution is 2.19. The number of carbonyl (C=O) groups is 2. The first-order valence-corrected chi connectivity index (χ1v) is 7.39. The molecule has 0 aliphatic heterocycles. The van der Waals surface area contributed by atoms with Gasteiger partial charge in [0.2, 0.25) is 0 Å². The molecule has 1 aromatic heterocycles. The van der Waals surface area contributed by atoms with E-state index in [4.69, 9.17) is 16.7 Å². The maximum absolute atomic E-state index is 12.6. The van der Waals surface area contributed by atoms with Crippen LogP contribution < -0.4 is 0 Å². The van der Waals surface area contributed by atoms with Gasteiger partial charge in [-0.1, -0.05) is 30.7 Å². The van der Waals surface area contributed by atoms with Crippen molar-refractivity contribution in [3.63, 3.8) is 0 Å². The van der Waals surface area contributed by atoms with Gasteiger partial charge in [-0.3, -0.25) is 9.59 Å². The van der Waals surface area contributed by atoms with Crippen molar-refractivity contribution in [1.29, 1.82) is 0 Å². The average molecular weight is 321 g/mol. The monoisotopic (exact) mass is 320 g/mol. The van der Waals surface area contributed by atoms with E-state index in [-0.39, 0.29) is 18.3 Å². The van der Waals surface area contributed by atoms with E-state index in [1.165, 1.54) is 4.90 Å². The van der Waals surface area contributed by atoms with Crippen molar-refractivity contribution in [1.82, 2.24) is 9.88 Å². The fourth-order valence-electron chi connectivity index (χ4n) is 2.15. The topological polar surface area (TPSA) is 70.5 Å². The van der Waals surface area contributed by atoms with Crippen LogP contribution in [0.1, 0.15) is 30.8 Å². The van der Waals surface area contributed by atoms with Gasteiger partial charge in [-0.05, 0) is 31.5 Å². The van der Waals surface area contributed by atoms with Crippen molar-refractivity contribution < 1.29 is 14.7 Å². The van der Waals surface area contributed by atoms with Crippen LogP contribution in [0.4, 0.5) is 0 Å². The molecule has 116 valence electrons. The van der Waals surface area contributed by atoms with Gasteiger partial charge in [0.05, 0.1) is 5.52 Å². The highest BCUT2D eigenvalue weighted by Gasteiger charge is 2.24. The van der Waals surface area contributed by atoms with E-state index in [1.807, 2.05) is 19.9 Å². The Bertz CT molecular complexity index is 718. The van der Waals surface area contributed by atoms with Crippen molar-refractivity contribution in [2.75, 3.05) is 6.54 Å². The second-order valence-corrected chi connectivity index (χ2v) is 5.55. The van der Waals surface area contributed by atoms with Crippen LogP contribution in [0.25, 0.3) is 10.9 Å². The van der Waals surface area contributed by atoms with E-state index in [9.17, 15) is 9.59 Å². The lowest BCUT2D eigenvalue weighted by atomic mass is 10.1. The SMILES string of the molecule is CCC(C)N(CC(=O)O)C(=O)c1ccc2ccc(Cl)cc2n1. The Labute approximate surface area is 133 Å². The Hall–Kier alpha value is -2.14. The molecular formula is C16H17ClN2O3. The molecule has 1 amide bonds. The lowest BCUT2D eigenvalue weighted by Gasteiger charge is -2.26. The van der Waals surface area contributed by atoms with Crippen LogP contribution in [-0.4, -0.2) is 39.5 Å². The van der Waals surface area contributed by atoms with E-state index in [2.05, 4.69) is 4.98 Å². The molecule has 1 heterocycles. The van der Waals surface area contributed by atoms with Crippen LogP contribution in [-0.2, 0) is 4.79 Å². The van der Waals surface area contributed by atoms with Gasteiger partial charge in [-0.2, -0.15) is 0 Å². The van der Waals surface area contributed by atoms with Gasteiger partial charge in [0, 0.05) is 16.5 Å². The van der Waals surface area contributed by atoms with E-state index in [1.54, 1.807) is 24.3 Å². The average Bonchev–Trinajstić information content (AvgIpc) is 2.50. The van der Waals surface area contributed by atoms with Crippen LogP contribution in [0, 0.1) is 0 Å². The Morgan fingerprint density at radius 3 is 2.64 bits per heavy atom. The summed E-state index contributed by atoms with van der Waals surface area (Å²) in [7, 11) is 0. The van der Waals surface area contributed by atoms with Crippen molar-refractivity contribution in [3.8, 4) is 0 Å². The third-order valence-corrected chi connectivity index (χ3v) is 3.80. The molecular weight excluding hydrogens is 304 g/mol. The molecule has 1 unspecified atom stereocenters. The predicted molar refractivity (Wildman–Crippen MR) is 85.2 cm³/mol. The molecule has 0 saturated heterocycles. The van der Waals surface area contributed by atoms with Gasteiger partial charge in [0.1, 0.15) is 12.2 Å². The first-order chi connectivity index (χ1) is 10.4. The zero-order valence-electron chi connectivity index (χ0n) is 12.4. The van der Waals surface area contributed by atoms with Gasteiger partial charge in [0.25, 0.3) is 5.91 Å². The largest absolute Gasteiger partial charge is 0.480 e. The second kappa shape index (κ2) is 6.75. The third-order valence-electron chi connectivity index (χ3n) is 3.56. The number of carbonyl (C=O) groups excluding carboxylic acids is 1. The Morgan fingerprint density at radius 2 is 2.00 bits per heavy atom. The molecule has 0 aliphatic rings. The maximum atomic E-state index is 12.6. The van der Waals surface area contributed by atoms with Gasteiger partial charge < -0.3 is 10.0 Å². The summed E-state index contributed by atoms with van der Waals surface area (Å²) in [6.45, 7) is 3.38. The number of rotatable bonds is 5. The van der Waals surface area contributed by atoms with Crippen LogP contribution in [0.3, 0.4) is 0 Å². The number of fused-ring (bicyclic) bond motifs is 1. The standard InChI is InChI=1S/C16H17ClN2O3/c1-3-10(2)19(9-15(20)21)16(22)13-7-5-11-4-6-12(17)8-14(11)18-13/h4-8,10H,3,9H2,1-2H3,(H,20,21). The summed E-state index contributed by atoms with van der Waals surface area (Å²) in [5, 5.41) is 10.4. The quantitative estimate of drug-likeness (QED) is 0.918. The number of hydrogen-bond donors (Lipinski definition) is 1. The van der Waals surface area contributed by atoms with Crippen LogP contribution in [0.5, 0.6) is 0 Å². The summed E-state index contributed by atoms with van der Waals surface area (Å²) >= 11 is 5.94. The number of hydrogen-bond acceptors (Lipinski definition) is 3. The molecule has 0 bridgehead atoms. The Kier molecular flexibility index (Phi) is 4.98. The van der Waals surface area contributed by atoms with Gasteiger partial charge in [0.15, 0.2) is 0 Å². The predicted octanol–water partition coefficient (Wildman–Crippen LogP) is 3.21. The molecule has 2 aromatic rings. The van der Waals surface area contributed by atoms with Gasteiger partial charge >= 0.3 is 5.97 Å². The summed E-state index contributed by atoms with van der Waals surface area (Å²) in [5.41, 5.74) is 0.828. The van der Waals surface area contributed by atoms with Crippen molar-refractivity contribution in [3.05, 3.63) is 41.0 Å². The minimum Gasteiger partial charge on any atom is -0.480 e. The highest BCUT2D eigenvalue weighted by atomic mass is 35.5. The molecule has 22 heavy (non-hydrogen) atoms. The molecule has 0 spiro atoms.